The molecule has 2 aliphatic heterocycles. The first-order valence-electron chi connectivity index (χ1n) is 7.89. The van der Waals surface area contributed by atoms with Gasteiger partial charge in [0.05, 0.1) is 7.11 Å². The standard InChI is InChI=1S/C15H23N5O2/c1-22-13-4-7-17-15(18-13)20-10-8-19(9-11-20)14(21)12-2-5-16-6-3-12/h4,7,12,16H,2-3,5-6,8-11H2,1H3. The molecule has 0 bridgehead atoms. The van der Waals surface area contributed by atoms with Crippen LogP contribution in [0.1, 0.15) is 12.8 Å². The quantitative estimate of drug-likeness (QED) is 0.856. The summed E-state index contributed by atoms with van der Waals surface area (Å²) in [5.74, 6) is 1.75. The highest BCUT2D eigenvalue weighted by Gasteiger charge is 2.29. The summed E-state index contributed by atoms with van der Waals surface area (Å²) in [6.07, 6.45) is 3.61. The highest BCUT2D eigenvalue weighted by Crippen LogP contribution is 2.18. The van der Waals surface area contributed by atoms with Crippen LogP contribution in [0.15, 0.2) is 12.3 Å². The fourth-order valence-corrected chi connectivity index (χ4v) is 3.05. The van der Waals surface area contributed by atoms with Crippen molar-refractivity contribution in [2.24, 2.45) is 5.92 Å². The molecule has 7 nitrogen and oxygen atoms in total. The smallest absolute Gasteiger partial charge is 0.228 e. The number of amides is 1. The summed E-state index contributed by atoms with van der Waals surface area (Å²) in [4.78, 5) is 25.3. The summed E-state index contributed by atoms with van der Waals surface area (Å²) in [5, 5.41) is 3.30. The molecular weight excluding hydrogens is 282 g/mol. The third kappa shape index (κ3) is 3.30. The molecule has 120 valence electrons. The van der Waals surface area contributed by atoms with Crippen molar-refractivity contribution in [3.63, 3.8) is 0 Å². The lowest BCUT2D eigenvalue weighted by atomic mass is 9.96. The summed E-state index contributed by atoms with van der Waals surface area (Å²) in [7, 11) is 1.60. The van der Waals surface area contributed by atoms with Crippen molar-refractivity contribution in [3.05, 3.63) is 12.3 Å². The van der Waals surface area contributed by atoms with Gasteiger partial charge in [0.2, 0.25) is 17.7 Å². The van der Waals surface area contributed by atoms with E-state index >= 15 is 0 Å². The first-order chi connectivity index (χ1) is 10.8. The Morgan fingerprint density at radius 1 is 1.27 bits per heavy atom. The van der Waals surface area contributed by atoms with Gasteiger partial charge < -0.3 is 19.9 Å². The minimum atomic E-state index is 0.195. The van der Waals surface area contributed by atoms with Crippen molar-refractivity contribution in [2.75, 3.05) is 51.3 Å². The number of carbonyl (C=O) groups is 1. The second kappa shape index (κ2) is 6.91. The van der Waals surface area contributed by atoms with Gasteiger partial charge in [-0.2, -0.15) is 4.98 Å². The number of hydrogen-bond acceptors (Lipinski definition) is 6. The Bertz CT molecular complexity index is 510. The van der Waals surface area contributed by atoms with E-state index in [0.29, 0.717) is 17.7 Å². The average Bonchev–Trinajstić information content (AvgIpc) is 2.62. The number of nitrogens with zero attached hydrogens (tertiary/aromatic N) is 4. The molecule has 0 aliphatic carbocycles. The first-order valence-corrected chi connectivity index (χ1v) is 7.89. The number of carbonyl (C=O) groups excluding carboxylic acids is 1. The van der Waals surface area contributed by atoms with E-state index in [9.17, 15) is 4.79 Å². The second-order valence-electron chi connectivity index (χ2n) is 5.74. The number of nitrogens with one attached hydrogen (secondary N) is 1. The number of methoxy groups -OCH3 is 1. The Kier molecular flexibility index (Phi) is 4.72. The molecule has 0 spiro atoms. The molecule has 2 fully saturated rings. The average molecular weight is 305 g/mol. The van der Waals surface area contributed by atoms with Crippen LogP contribution in [0.25, 0.3) is 0 Å². The number of ether oxygens (including phenoxy) is 1. The van der Waals surface area contributed by atoms with Crippen LogP contribution in [0.5, 0.6) is 5.88 Å². The zero-order valence-corrected chi connectivity index (χ0v) is 13.0. The lowest BCUT2D eigenvalue weighted by Crippen LogP contribution is -2.51. The fourth-order valence-electron chi connectivity index (χ4n) is 3.05. The van der Waals surface area contributed by atoms with Crippen LogP contribution in [-0.2, 0) is 4.79 Å². The Hall–Kier alpha value is -1.89. The van der Waals surface area contributed by atoms with E-state index in [1.165, 1.54) is 0 Å². The summed E-state index contributed by atoms with van der Waals surface area (Å²) in [6.45, 7) is 4.92. The number of piperidine rings is 1. The molecule has 0 saturated carbocycles. The van der Waals surface area contributed by atoms with Crippen molar-refractivity contribution in [1.29, 1.82) is 0 Å². The van der Waals surface area contributed by atoms with Gasteiger partial charge in [-0.3, -0.25) is 4.79 Å². The summed E-state index contributed by atoms with van der Waals surface area (Å²) in [6, 6.07) is 1.74. The maximum atomic E-state index is 12.5. The second-order valence-corrected chi connectivity index (χ2v) is 5.74. The van der Waals surface area contributed by atoms with Crippen LogP contribution < -0.4 is 15.0 Å². The maximum absolute atomic E-state index is 12.5. The number of aromatic nitrogens is 2. The van der Waals surface area contributed by atoms with Gasteiger partial charge in [0.1, 0.15) is 0 Å². The summed E-state index contributed by atoms with van der Waals surface area (Å²) >= 11 is 0. The molecule has 22 heavy (non-hydrogen) atoms. The van der Waals surface area contributed by atoms with Crippen molar-refractivity contribution in [2.45, 2.75) is 12.8 Å². The monoisotopic (exact) mass is 305 g/mol. The minimum Gasteiger partial charge on any atom is -0.481 e. The number of piperazine rings is 1. The largest absolute Gasteiger partial charge is 0.481 e. The zero-order valence-electron chi connectivity index (χ0n) is 13.0. The summed E-state index contributed by atoms with van der Waals surface area (Å²) < 4.78 is 5.14. The van der Waals surface area contributed by atoms with Gasteiger partial charge in [-0.25, -0.2) is 4.98 Å². The molecule has 1 amide bonds. The maximum Gasteiger partial charge on any atom is 0.228 e. The SMILES string of the molecule is COc1ccnc(N2CCN(C(=O)C3CCNCC3)CC2)n1. The van der Waals surface area contributed by atoms with Crippen LogP contribution in [0.4, 0.5) is 5.95 Å². The highest BCUT2D eigenvalue weighted by molar-refractivity contribution is 5.79. The molecule has 0 unspecified atom stereocenters. The molecule has 7 heteroatoms. The Morgan fingerprint density at radius 3 is 2.68 bits per heavy atom. The Morgan fingerprint density at radius 2 is 2.00 bits per heavy atom. The third-order valence-corrected chi connectivity index (χ3v) is 4.39. The van der Waals surface area contributed by atoms with Gasteiger partial charge in [-0.1, -0.05) is 0 Å². The van der Waals surface area contributed by atoms with Gasteiger partial charge in [0.15, 0.2) is 0 Å². The van der Waals surface area contributed by atoms with E-state index in [1.807, 2.05) is 4.90 Å². The molecule has 2 aliphatic rings. The highest BCUT2D eigenvalue weighted by atomic mass is 16.5. The predicted molar refractivity (Wildman–Crippen MR) is 83.0 cm³/mol. The molecule has 0 atom stereocenters. The van der Waals surface area contributed by atoms with E-state index in [-0.39, 0.29) is 5.92 Å². The van der Waals surface area contributed by atoms with Crippen molar-refractivity contribution in [3.8, 4) is 5.88 Å². The predicted octanol–water partition coefficient (Wildman–Crippen LogP) is 0.133. The van der Waals surface area contributed by atoms with Crippen LogP contribution in [0.2, 0.25) is 0 Å². The molecule has 1 N–H and O–H groups in total. The van der Waals surface area contributed by atoms with Crippen LogP contribution in [0.3, 0.4) is 0 Å². The van der Waals surface area contributed by atoms with Crippen LogP contribution in [-0.4, -0.2) is 67.2 Å². The van der Waals surface area contributed by atoms with Gasteiger partial charge in [-0.05, 0) is 25.9 Å². The fraction of sp³-hybridized carbons (Fsp3) is 0.667. The van der Waals surface area contributed by atoms with Gasteiger partial charge in [-0.15, -0.1) is 0 Å². The minimum absolute atomic E-state index is 0.195. The molecule has 0 radical (unpaired) electrons. The van der Waals surface area contributed by atoms with Gasteiger partial charge in [0.25, 0.3) is 0 Å². The van der Waals surface area contributed by atoms with Crippen molar-refractivity contribution >= 4 is 11.9 Å². The molecular formula is C15H23N5O2. The van der Waals surface area contributed by atoms with Crippen LogP contribution >= 0.6 is 0 Å². The van der Waals surface area contributed by atoms with E-state index in [2.05, 4.69) is 20.2 Å². The van der Waals surface area contributed by atoms with Gasteiger partial charge in [0, 0.05) is 44.4 Å². The number of rotatable bonds is 3. The van der Waals surface area contributed by atoms with E-state index in [1.54, 1.807) is 19.4 Å². The third-order valence-electron chi connectivity index (χ3n) is 4.39. The summed E-state index contributed by atoms with van der Waals surface area (Å²) in [5.41, 5.74) is 0. The Labute approximate surface area is 130 Å². The molecule has 3 rings (SSSR count). The van der Waals surface area contributed by atoms with Crippen molar-refractivity contribution in [1.82, 2.24) is 20.2 Å². The number of anilines is 1. The lowest BCUT2D eigenvalue weighted by Gasteiger charge is -2.37. The number of hydrogen-bond donors (Lipinski definition) is 1. The van der Waals surface area contributed by atoms with Crippen LogP contribution in [0, 0.1) is 5.92 Å². The normalized spacial score (nSPS) is 20.0. The zero-order chi connectivity index (χ0) is 15.4. The molecule has 1 aromatic heterocycles. The van der Waals surface area contributed by atoms with Crippen molar-refractivity contribution < 1.29 is 9.53 Å². The van der Waals surface area contributed by atoms with Gasteiger partial charge >= 0.3 is 0 Å². The van der Waals surface area contributed by atoms with E-state index in [0.717, 1.165) is 52.1 Å². The molecule has 2 saturated heterocycles. The Balaban J connectivity index is 1.56. The lowest BCUT2D eigenvalue weighted by molar-refractivity contribution is -0.136. The van der Waals surface area contributed by atoms with E-state index < -0.39 is 0 Å². The molecule has 1 aromatic rings. The molecule has 0 aromatic carbocycles. The van der Waals surface area contributed by atoms with E-state index in [4.69, 9.17) is 4.74 Å². The first kappa shape index (κ1) is 15.0. The molecule has 3 heterocycles. The topological polar surface area (TPSA) is 70.6 Å².